The molecular formula is C12H12N8O3. The Kier molecular flexibility index (Phi) is 3.44. The number of hydrogen-bond donors (Lipinski definition) is 1. The van der Waals surface area contributed by atoms with Gasteiger partial charge in [-0.25, -0.2) is 9.97 Å². The molecule has 2 aromatic heterocycles. The Hall–Kier alpha value is -3.37. The Bertz CT molecular complexity index is 787. The quantitative estimate of drug-likeness (QED) is 0.638. The average molecular weight is 316 g/mol. The number of fused-ring (bicyclic) bond motifs is 1. The molecule has 0 unspecified atom stereocenters. The van der Waals surface area contributed by atoms with E-state index in [1.807, 2.05) is 0 Å². The number of anilines is 2. The fourth-order valence-corrected chi connectivity index (χ4v) is 2.15. The molecule has 3 rings (SSSR count). The molecule has 23 heavy (non-hydrogen) atoms. The highest BCUT2D eigenvalue weighted by Crippen LogP contribution is 2.24. The van der Waals surface area contributed by atoms with E-state index in [0.29, 0.717) is 5.82 Å². The van der Waals surface area contributed by atoms with Crippen molar-refractivity contribution in [2.24, 2.45) is 7.05 Å². The fourth-order valence-electron chi connectivity index (χ4n) is 2.15. The molecule has 11 heteroatoms. The lowest BCUT2D eigenvalue weighted by atomic mass is 10.2. The van der Waals surface area contributed by atoms with E-state index < -0.39 is 17.7 Å². The fraction of sp³-hybridized carbons (Fsp3) is 0.250. The van der Waals surface area contributed by atoms with Gasteiger partial charge in [-0.05, 0) is 0 Å². The number of amides is 3. The Balaban J connectivity index is 1.82. The van der Waals surface area contributed by atoms with Crippen LogP contribution in [0.3, 0.4) is 0 Å². The molecule has 118 valence electrons. The van der Waals surface area contributed by atoms with Gasteiger partial charge in [0.2, 0.25) is 5.95 Å². The van der Waals surface area contributed by atoms with E-state index in [2.05, 4.69) is 25.5 Å². The Morgan fingerprint density at radius 3 is 2.70 bits per heavy atom. The summed E-state index contributed by atoms with van der Waals surface area (Å²) in [7, 11) is 3.30. The maximum atomic E-state index is 12.4. The third-order valence-electron chi connectivity index (χ3n) is 3.23. The lowest BCUT2D eigenvalue weighted by molar-refractivity contribution is -0.141. The third-order valence-corrected chi connectivity index (χ3v) is 3.23. The van der Waals surface area contributed by atoms with Crippen molar-refractivity contribution in [3.63, 3.8) is 0 Å². The zero-order chi connectivity index (χ0) is 16.6. The average Bonchev–Trinajstić information content (AvgIpc) is 2.94. The molecule has 3 amide bonds. The molecule has 0 atom stereocenters. The second kappa shape index (κ2) is 5.44. The van der Waals surface area contributed by atoms with Gasteiger partial charge in [-0.3, -0.25) is 24.6 Å². The first-order valence-electron chi connectivity index (χ1n) is 6.52. The lowest BCUT2D eigenvalue weighted by Crippen LogP contribution is -2.52. The summed E-state index contributed by atoms with van der Waals surface area (Å²) in [4.78, 5) is 47.0. The van der Waals surface area contributed by atoms with Gasteiger partial charge < -0.3 is 9.47 Å². The first-order valence-corrected chi connectivity index (χ1v) is 6.52. The van der Waals surface area contributed by atoms with E-state index >= 15 is 0 Å². The molecule has 3 heterocycles. The number of carbonyl (C=O) groups excluding carboxylic acids is 3. The largest absolute Gasteiger partial charge is 0.339 e. The molecule has 0 bridgehead atoms. The van der Waals surface area contributed by atoms with Crippen molar-refractivity contribution in [3.8, 4) is 0 Å². The van der Waals surface area contributed by atoms with E-state index in [9.17, 15) is 14.4 Å². The minimum atomic E-state index is -1.02. The normalized spacial score (nSPS) is 13.7. The van der Waals surface area contributed by atoms with Crippen LogP contribution in [0.5, 0.6) is 0 Å². The van der Waals surface area contributed by atoms with Crippen molar-refractivity contribution in [2.45, 2.75) is 0 Å². The monoisotopic (exact) mass is 316 g/mol. The van der Waals surface area contributed by atoms with Crippen LogP contribution >= 0.6 is 0 Å². The molecule has 1 N–H and O–H groups in total. The number of rotatable bonds is 1. The molecule has 0 radical (unpaired) electrons. The predicted molar refractivity (Wildman–Crippen MR) is 76.1 cm³/mol. The number of nitrogens with one attached hydrogen (secondary N) is 1. The molecule has 1 aliphatic heterocycles. The van der Waals surface area contributed by atoms with E-state index in [-0.39, 0.29) is 18.3 Å². The summed E-state index contributed by atoms with van der Waals surface area (Å²) in [5, 5.41) is 9.28. The smallest absolute Gasteiger partial charge is 0.320 e. The van der Waals surface area contributed by atoms with Crippen molar-refractivity contribution in [1.29, 1.82) is 0 Å². The predicted octanol–water partition coefficient (Wildman–Crippen LogP) is -1.38. The molecule has 2 aromatic rings. The summed E-state index contributed by atoms with van der Waals surface area (Å²) >= 11 is 0. The maximum absolute atomic E-state index is 12.4. The van der Waals surface area contributed by atoms with Gasteiger partial charge in [0, 0.05) is 14.1 Å². The molecule has 11 nitrogen and oxygen atoms in total. The highest BCUT2D eigenvalue weighted by atomic mass is 16.2. The van der Waals surface area contributed by atoms with Gasteiger partial charge in [0.05, 0.1) is 18.7 Å². The number of imidazole rings is 1. The van der Waals surface area contributed by atoms with Crippen molar-refractivity contribution >= 4 is 29.5 Å². The summed E-state index contributed by atoms with van der Waals surface area (Å²) in [6, 6.07) is 0. The van der Waals surface area contributed by atoms with Gasteiger partial charge in [0.15, 0.2) is 11.5 Å². The van der Waals surface area contributed by atoms with Crippen LogP contribution in [-0.2, 0) is 16.6 Å². The summed E-state index contributed by atoms with van der Waals surface area (Å²) in [6.45, 7) is -0.0804. The van der Waals surface area contributed by atoms with Crippen molar-refractivity contribution in [2.75, 3.05) is 23.9 Å². The first-order chi connectivity index (χ1) is 11.0. The van der Waals surface area contributed by atoms with Crippen LogP contribution in [0, 0.1) is 0 Å². The van der Waals surface area contributed by atoms with Crippen molar-refractivity contribution < 1.29 is 14.4 Å². The minimum absolute atomic E-state index is 0.0804. The number of carbonyl (C=O) groups is 3. The highest BCUT2D eigenvalue weighted by Gasteiger charge is 2.37. The van der Waals surface area contributed by atoms with E-state index in [1.54, 1.807) is 19.0 Å². The highest BCUT2D eigenvalue weighted by molar-refractivity contribution is 6.42. The third kappa shape index (κ3) is 2.47. The van der Waals surface area contributed by atoms with Crippen LogP contribution in [0.25, 0.3) is 0 Å². The van der Waals surface area contributed by atoms with Crippen LogP contribution in [0.1, 0.15) is 10.5 Å². The van der Waals surface area contributed by atoms with Crippen molar-refractivity contribution in [3.05, 3.63) is 24.4 Å². The van der Waals surface area contributed by atoms with Crippen LogP contribution < -0.4 is 10.2 Å². The summed E-state index contributed by atoms with van der Waals surface area (Å²) < 4.78 is 1.50. The van der Waals surface area contributed by atoms with Crippen LogP contribution in [0.4, 0.5) is 11.8 Å². The van der Waals surface area contributed by atoms with Crippen LogP contribution in [0.15, 0.2) is 18.7 Å². The molecular weight excluding hydrogens is 304 g/mol. The number of aryl methyl sites for hydroxylation is 1. The number of nitrogens with zero attached hydrogens (tertiary/aromatic N) is 7. The van der Waals surface area contributed by atoms with Gasteiger partial charge in [-0.1, -0.05) is 0 Å². The molecule has 0 saturated carbocycles. The van der Waals surface area contributed by atoms with E-state index in [4.69, 9.17) is 0 Å². The second-order valence-corrected chi connectivity index (χ2v) is 4.83. The standard InChI is InChI=1S/C12H12N8O3/c1-18-5-14-8-7(18)10(22)20(6-19(8)2)11(23)9(21)16-12-13-3-4-15-17-12/h3-5H,6H2,1-2H3,(H,13,16,17,21). The molecule has 0 fully saturated rings. The number of imide groups is 1. The lowest BCUT2D eigenvalue weighted by Gasteiger charge is -2.31. The topological polar surface area (TPSA) is 126 Å². The van der Waals surface area contributed by atoms with E-state index in [0.717, 1.165) is 4.90 Å². The van der Waals surface area contributed by atoms with E-state index in [1.165, 1.54) is 23.3 Å². The Labute approximate surface area is 129 Å². The minimum Gasteiger partial charge on any atom is -0.339 e. The Morgan fingerprint density at radius 2 is 2.00 bits per heavy atom. The molecule has 0 spiro atoms. The van der Waals surface area contributed by atoms with Crippen LogP contribution in [-0.4, -0.2) is 61.1 Å². The molecule has 0 aromatic carbocycles. The Morgan fingerprint density at radius 1 is 1.22 bits per heavy atom. The zero-order valence-electron chi connectivity index (χ0n) is 12.3. The second-order valence-electron chi connectivity index (χ2n) is 4.83. The number of hydrogen-bond acceptors (Lipinski definition) is 8. The first kappa shape index (κ1) is 14.6. The molecule has 0 saturated heterocycles. The summed E-state index contributed by atoms with van der Waals surface area (Å²) in [5.41, 5.74) is 0.234. The van der Waals surface area contributed by atoms with Crippen LogP contribution in [0.2, 0.25) is 0 Å². The van der Waals surface area contributed by atoms with Gasteiger partial charge in [-0.2, -0.15) is 5.10 Å². The summed E-state index contributed by atoms with van der Waals surface area (Å²) in [5.74, 6) is -2.29. The van der Waals surface area contributed by atoms with Gasteiger partial charge >= 0.3 is 11.8 Å². The van der Waals surface area contributed by atoms with Gasteiger partial charge in [0.25, 0.3) is 5.91 Å². The van der Waals surface area contributed by atoms with Gasteiger partial charge in [0.1, 0.15) is 6.67 Å². The van der Waals surface area contributed by atoms with Crippen molar-refractivity contribution in [1.82, 2.24) is 29.6 Å². The SMILES string of the molecule is CN1CN(C(=O)C(=O)Nc2nccnn2)C(=O)c2c1ncn2C. The van der Waals surface area contributed by atoms with Gasteiger partial charge in [-0.15, -0.1) is 5.10 Å². The zero-order valence-corrected chi connectivity index (χ0v) is 12.3. The molecule has 1 aliphatic rings. The maximum Gasteiger partial charge on any atom is 0.320 e. The summed E-state index contributed by atoms with van der Waals surface area (Å²) in [6.07, 6.45) is 4.11. The number of aromatic nitrogens is 5. The molecule has 0 aliphatic carbocycles.